The zero-order valence-corrected chi connectivity index (χ0v) is 10.2. The first-order valence-electron chi connectivity index (χ1n) is 5.84. The molecule has 0 unspecified atom stereocenters. The Morgan fingerprint density at radius 2 is 2.24 bits per heavy atom. The van der Waals surface area contributed by atoms with E-state index < -0.39 is 0 Å². The first-order chi connectivity index (χ1) is 8.27. The van der Waals surface area contributed by atoms with E-state index in [-0.39, 0.29) is 5.91 Å². The van der Waals surface area contributed by atoms with Gasteiger partial charge in [-0.1, -0.05) is 12.1 Å². The van der Waals surface area contributed by atoms with Gasteiger partial charge in [0.25, 0.3) is 5.91 Å². The van der Waals surface area contributed by atoms with Gasteiger partial charge in [0.2, 0.25) is 0 Å². The van der Waals surface area contributed by atoms with Crippen LogP contribution in [-0.2, 0) is 11.3 Å². The number of carbonyl (C=O) groups is 1. The molecule has 1 amide bonds. The number of amides is 1. The van der Waals surface area contributed by atoms with Crippen LogP contribution in [0.25, 0.3) is 0 Å². The Morgan fingerprint density at radius 1 is 1.41 bits per heavy atom. The monoisotopic (exact) mass is 236 g/mol. The molecule has 0 aliphatic rings. The first-order valence-corrected chi connectivity index (χ1v) is 5.84. The molecule has 0 aromatic heterocycles. The van der Waals surface area contributed by atoms with Crippen molar-refractivity contribution in [3.05, 3.63) is 35.4 Å². The molecule has 3 N–H and O–H groups in total. The van der Waals surface area contributed by atoms with Gasteiger partial charge in [0, 0.05) is 19.2 Å². The fourth-order valence-corrected chi connectivity index (χ4v) is 1.54. The van der Waals surface area contributed by atoms with E-state index in [0.29, 0.717) is 25.3 Å². The Labute approximate surface area is 102 Å². The molecule has 0 saturated carbocycles. The summed E-state index contributed by atoms with van der Waals surface area (Å²) in [5.41, 5.74) is 7.06. The molecule has 0 aliphatic carbocycles. The van der Waals surface area contributed by atoms with E-state index in [1.165, 1.54) is 0 Å². The molecule has 0 spiro atoms. The van der Waals surface area contributed by atoms with Crippen LogP contribution >= 0.6 is 0 Å². The summed E-state index contributed by atoms with van der Waals surface area (Å²) in [6.07, 6.45) is 1.85. The predicted octanol–water partition coefficient (Wildman–Crippen LogP) is 1.30. The topological polar surface area (TPSA) is 64.3 Å². The van der Waals surface area contributed by atoms with E-state index in [0.717, 1.165) is 18.4 Å². The summed E-state index contributed by atoms with van der Waals surface area (Å²) in [6, 6.07) is 7.46. The number of ether oxygens (including phenoxy) is 1. The Balaban J connectivity index is 2.47. The highest BCUT2D eigenvalue weighted by Crippen LogP contribution is 2.06. The maximum Gasteiger partial charge on any atom is 0.251 e. The van der Waals surface area contributed by atoms with Crippen molar-refractivity contribution in [2.24, 2.45) is 5.73 Å². The van der Waals surface area contributed by atoms with Crippen LogP contribution in [0.4, 0.5) is 0 Å². The van der Waals surface area contributed by atoms with Crippen molar-refractivity contribution in [2.75, 3.05) is 20.2 Å². The molecule has 0 atom stereocenters. The van der Waals surface area contributed by atoms with Crippen LogP contribution in [0, 0.1) is 0 Å². The third kappa shape index (κ3) is 4.97. The Morgan fingerprint density at radius 3 is 2.94 bits per heavy atom. The maximum absolute atomic E-state index is 11.8. The highest BCUT2D eigenvalue weighted by Gasteiger charge is 2.05. The number of nitrogens with two attached hydrogens (primary N) is 1. The van der Waals surface area contributed by atoms with Gasteiger partial charge in [0.1, 0.15) is 0 Å². The van der Waals surface area contributed by atoms with Crippen molar-refractivity contribution in [3.63, 3.8) is 0 Å². The lowest BCUT2D eigenvalue weighted by atomic mass is 10.1. The molecule has 0 fully saturated rings. The van der Waals surface area contributed by atoms with Crippen molar-refractivity contribution >= 4 is 5.91 Å². The lowest BCUT2D eigenvalue weighted by Crippen LogP contribution is -2.24. The molecule has 0 heterocycles. The second-order valence-electron chi connectivity index (χ2n) is 3.89. The fourth-order valence-electron chi connectivity index (χ4n) is 1.54. The van der Waals surface area contributed by atoms with Crippen molar-refractivity contribution in [1.82, 2.24) is 5.32 Å². The second-order valence-corrected chi connectivity index (χ2v) is 3.89. The van der Waals surface area contributed by atoms with Crippen LogP contribution in [0.15, 0.2) is 24.3 Å². The minimum absolute atomic E-state index is 0.0417. The van der Waals surface area contributed by atoms with E-state index in [9.17, 15) is 4.79 Å². The molecular formula is C13H20N2O2. The molecule has 94 valence electrons. The number of methoxy groups -OCH3 is 1. The SMILES string of the molecule is COCc1cccc(C(=O)NCCCCN)c1. The molecular weight excluding hydrogens is 216 g/mol. The molecule has 1 rings (SSSR count). The van der Waals surface area contributed by atoms with E-state index in [1.54, 1.807) is 13.2 Å². The molecule has 1 aromatic rings. The molecule has 4 nitrogen and oxygen atoms in total. The average molecular weight is 236 g/mol. The highest BCUT2D eigenvalue weighted by atomic mass is 16.5. The van der Waals surface area contributed by atoms with Crippen LogP contribution in [0.1, 0.15) is 28.8 Å². The van der Waals surface area contributed by atoms with E-state index in [4.69, 9.17) is 10.5 Å². The van der Waals surface area contributed by atoms with Crippen LogP contribution in [0.5, 0.6) is 0 Å². The summed E-state index contributed by atoms with van der Waals surface area (Å²) < 4.78 is 5.03. The number of carbonyl (C=O) groups excluding carboxylic acids is 1. The Bertz CT molecular complexity index is 353. The van der Waals surface area contributed by atoms with Crippen molar-refractivity contribution < 1.29 is 9.53 Å². The summed E-state index contributed by atoms with van der Waals surface area (Å²) >= 11 is 0. The van der Waals surface area contributed by atoms with E-state index in [2.05, 4.69) is 5.32 Å². The average Bonchev–Trinajstić information content (AvgIpc) is 2.35. The lowest BCUT2D eigenvalue weighted by molar-refractivity contribution is 0.0952. The summed E-state index contributed by atoms with van der Waals surface area (Å²) in [4.78, 5) is 11.8. The van der Waals surface area contributed by atoms with Crippen molar-refractivity contribution in [1.29, 1.82) is 0 Å². The molecule has 17 heavy (non-hydrogen) atoms. The van der Waals surface area contributed by atoms with E-state index in [1.807, 2.05) is 18.2 Å². The smallest absolute Gasteiger partial charge is 0.251 e. The molecule has 1 aromatic carbocycles. The standard InChI is InChI=1S/C13H20N2O2/c1-17-10-11-5-4-6-12(9-11)13(16)15-8-3-2-7-14/h4-6,9H,2-3,7-8,10,14H2,1H3,(H,15,16). The quantitative estimate of drug-likeness (QED) is 0.701. The number of unbranched alkanes of at least 4 members (excludes halogenated alkanes) is 1. The van der Waals surface area contributed by atoms with Gasteiger partial charge in [0.05, 0.1) is 6.61 Å². The predicted molar refractivity (Wildman–Crippen MR) is 67.8 cm³/mol. The first kappa shape index (κ1) is 13.7. The van der Waals surface area contributed by atoms with Gasteiger partial charge in [-0.25, -0.2) is 0 Å². The van der Waals surface area contributed by atoms with Gasteiger partial charge in [-0.3, -0.25) is 4.79 Å². The largest absolute Gasteiger partial charge is 0.380 e. The van der Waals surface area contributed by atoms with Crippen LogP contribution in [0.3, 0.4) is 0 Å². The highest BCUT2D eigenvalue weighted by molar-refractivity contribution is 5.94. The van der Waals surface area contributed by atoms with Crippen LogP contribution in [-0.4, -0.2) is 26.1 Å². The number of nitrogens with one attached hydrogen (secondary N) is 1. The molecule has 0 radical (unpaired) electrons. The summed E-state index contributed by atoms with van der Waals surface area (Å²) in [6.45, 7) is 1.86. The minimum Gasteiger partial charge on any atom is -0.380 e. The van der Waals surface area contributed by atoms with Crippen LogP contribution in [0.2, 0.25) is 0 Å². The molecule has 0 bridgehead atoms. The maximum atomic E-state index is 11.8. The minimum atomic E-state index is -0.0417. The number of benzene rings is 1. The van der Waals surface area contributed by atoms with Gasteiger partial charge >= 0.3 is 0 Å². The normalized spacial score (nSPS) is 10.2. The van der Waals surface area contributed by atoms with E-state index >= 15 is 0 Å². The van der Waals surface area contributed by atoms with Gasteiger partial charge < -0.3 is 15.8 Å². The van der Waals surface area contributed by atoms with Gasteiger partial charge in [-0.15, -0.1) is 0 Å². The molecule has 0 aliphatic heterocycles. The van der Waals surface area contributed by atoms with Gasteiger partial charge in [-0.05, 0) is 37.1 Å². The number of hydrogen-bond donors (Lipinski definition) is 2. The zero-order valence-electron chi connectivity index (χ0n) is 10.2. The van der Waals surface area contributed by atoms with Gasteiger partial charge in [0.15, 0.2) is 0 Å². The summed E-state index contributed by atoms with van der Waals surface area (Å²) in [5, 5.41) is 2.87. The number of rotatable bonds is 7. The zero-order chi connectivity index (χ0) is 12.5. The third-order valence-corrected chi connectivity index (χ3v) is 2.42. The second kappa shape index (κ2) is 7.81. The van der Waals surface area contributed by atoms with Crippen LogP contribution < -0.4 is 11.1 Å². The number of hydrogen-bond acceptors (Lipinski definition) is 3. The van der Waals surface area contributed by atoms with Gasteiger partial charge in [-0.2, -0.15) is 0 Å². The van der Waals surface area contributed by atoms with Crippen molar-refractivity contribution in [2.45, 2.75) is 19.4 Å². The lowest BCUT2D eigenvalue weighted by Gasteiger charge is -2.06. The molecule has 0 saturated heterocycles. The third-order valence-electron chi connectivity index (χ3n) is 2.42. The Kier molecular flexibility index (Phi) is 6.29. The molecule has 4 heteroatoms. The van der Waals surface area contributed by atoms with Crippen molar-refractivity contribution in [3.8, 4) is 0 Å². The fraction of sp³-hybridized carbons (Fsp3) is 0.462. The summed E-state index contributed by atoms with van der Waals surface area (Å²) in [5.74, 6) is -0.0417. The Hall–Kier alpha value is -1.39. The summed E-state index contributed by atoms with van der Waals surface area (Å²) in [7, 11) is 1.64.